The lowest BCUT2D eigenvalue weighted by Gasteiger charge is -2.31. The van der Waals surface area contributed by atoms with Crippen LogP contribution in [0.25, 0.3) is 0 Å². The van der Waals surface area contributed by atoms with E-state index in [4.69, 9.17) is 4.74 Å². The Morgan fingerprint density at radius 2 is 1.79 bits per heavy atom. The zero-order valence-corrected chi connectivity index (χ0v) is 10.0. The maximum Gasteiger partial charge on any atom is 0.127 e. The molecule has 0 aromatic heterocycles. The highest BCUT2D eigenvalue weighted by atomic mass is 16.6. The number of likely N-dealkylation sites (N-methyl/N-ethyl adjacent to an activating group) is 1. The van der Waals surface area contributed by atoms with Gasteiger partial charge in [-0.15, -0.1) is 0 Å². The summed E-state index contributed by atoms with van der Waals surface area (Å²) in [5.41, 5.74) is 1.97. The fraction of sp³-hybridized carbons (Fsp3) is 0.636. The maximum absolute atomic E-state index is 11.3. The highest BCUT2D eigenvalue weighted by molar-refractivity contribution is 4.95. The van der Waals surface area contributed by atoms with Crippen molar-refractivity contribution in [1.82, 2.24) is 0 Å². The van der Waals surface area contributed by atoms with E-state index in [1.165, 1.54) is 12.7 Å². The van der Waals surface area contributed by atoms with Crippen LogP contribution in [0.1, 0.15) is 20.8 Å². The van der Waals surface area contributed by atoms with Crippen molar-refractivity contribution in [2.75, 3.05) is 27.7 Å². The van der Waals surface area contributed by atoms with Crippen molar-refractivity contribution in [3.05, 3.63) is 23.3 Å². The molecule has 0 unspecified atom stereocenters. The fourth-order valence-electron chi connectivity index (χ4n) is 0.943. The molecule has 0 aliphatic heterocycles. The number of rotatable bonds is 4. The van der Waals surface area contributed by atoms with Gasteiger partial charge in [0.05, 0.1) is 14.1 Å². The van der Waals surface area contributed by atoms with Gasteiger partial charge in [-0.05, 0) is 27.0 Å². The van der Waals surface area contributed by atoms with E-state index in [-0.39, 0.29) is 5.95 Å². The predicted octanol–water partition coefficient (Wildman–Crippen LogP) is 1.22. The van der Waals surface area contributed by atoms with E-state index in [0.717, 1.165) is 6.54 Å². The number of quaternary nitrogens is 1. The van der Waals surface area contributed by atoms with Gasteiger partial charge in [0, 0.05) is 6.92 Å². The molecule has 0 bridgehead atoms. The van der Waals surface area contributed by atoms with E-state index in [1.54, 1.807) is 0 Å². The van der Waals surface area contributed by atoms with E-state index in [1.807, 2.05) is 34.9 Å². The van der Waals surface area contributed by atoms with E-state index in [9.17, 15) is 5.11 Å². The Hall–Kier alpha value is -0.960. The highest BCUT2D eigenvalue weighted by Gasteiger charge is 2.17. The molecule has 0 saturated heterocycles. The second-order valence-electron chi connectivity index (χ2n) is 4.23. The molecule has 0 fully saturated rings. The molecule has 0 aromatic carbocycles. The number of allylic oxidation sites excluding steroid dienone is 2. The Balaban J connectivity index is 4.70. The largest absolute Gasteiger partial charge is 0.613 e. The van der Waals surface area contributed by atoms with Crippen LogP contribution in [0.4, 0.5) is 0 Å². The van der Waals surface area contributed by atoms with Gasteiger partial charge in [0.2, 0.25) is 0 Å². The Bertz CT molecular complexity index is 248. The summed E-state index contributed by atoms with van der Waals surface area (Å²) < 4.78 is 5.23. The lowest BCUT2D eigenvalue weighted by atomic mass is 10.3. The first-order valence-corrected chi connectivity index (χ1v) is 4.70. The molecule has 0 saturated carbocycles. The monoisotopic (exact) mass is 199 g/mol. The van der Waals surface area contributed by atoms with Gasteiger partial charge in [-0.3, -0.25) is 4.48 Å². The van der Waals surface area contributed by atoms with Crippen molar-refractivity contribution < 1.29 is 14.3 Å². The molecule has 0 spiro atoms. The molecule has 0 heterocycles. The third-order valence-electron chi connectivity index (χ3n) is 2.34. The van der Waals surface area contributed by atoms with Crippen molar-refractivity contribution in [1.29, 1.82) is 0 Å². The van der Waals surface area contributed by atoms with Crippen molar-refractivity contribution in [2.24, 2.45) is 0 Å². The molecule has 0 aromatic rings. The summed E-state index contributed by atoms with van der Waals surface area (Å²) in [5.74, 6) is -0.239. The summed E-state index contributed by atoms with van der Waals surface area (Å²) in [6.45, 7) is 6.72. The topological polar surface area (TPSA) is 32.3 Å². The normalized spacial score (nSPS) is 13.3. The van der Waals surface area contributed by atoms with Crippen LogP contribution in [0.3, 0.4) is 0 Å². The van der Waals surface area contributed by atoms with Crippen LogP contribution in [-0.2, 0) is 4.74 Å². The van der Waals surface area contributed by atoms with Crippen molar-refractivity contribution in [3.8, 4) is 0 Å². The van der Waals surface area contributed by atoms with Crippen molar-refractivity contribution in [2.45, 2.75) is 20.8 Å². The first-order chi connectivity index (χ1) is 6.31. The summed E-state index contributed by atoms with van der Waals surface area (Å²) >= 11 is 0. The lowest BCUT2D eigenvalue weighted by molar-refractivity contribution is -0.849. The molecule has 3 nitrogen and oxygen atoms in total. The minimum Gasteiger partial charge on any atom is -0.613 e. The Kier molecular flexibility index (Phi) is 4.71. The van der Waals surface area contributed by atoms with Crippen LogP contribution in [0.5, 0.6) is 0 Å². The second-order valence-corrected chi connectivity index (χ2v) is 4.23. The Labute approximate surface area is 86.9 Å². The van der Waals surface area contributed by atoms with E-state index < -0.39 is 0 Å². The molecule has 0 aliphatic rings. The molecule has 0 aliphatic carbocycles. The third kappa shape index (κ3) is 3.83. The molecule has 14 heavy (non-hydrogen) atoms. The standard InChI is InChI=1S/C11H21NO2/c1-9(2)7-8-12(4,5)10(3)11(13)14-6/h7H,8H2,1-6H3/b11-10+. The second kappa shape index (κ2) is 5.05. The van der Waals surface area contributed by atoms with Gasteiger partial charge < -0.3 is 9.84 Å². The maximum atomic E-state index is 11.3. The minimum atomic E-state index is -0.239. The van der Waals surface area contributed by atoms with Crippen LogP contribution < -0.4 is 5.11 Å². The molecule has 0 atom stereocenters. The van der Waals surface area contributed by atoms with Gasteiger partial charge in [-0.2, -0.15) is 0 Å². The highest BCUT2D eigenvalue weighted by Crippen LogP contribution is 2.13. The van der Waals surface area contributed by atoms with Crippen LogP contribution in [0, 0.1) is 0 Å². The van der Waals surface area contributed by atoms with Gasteiger partial charge in [0.1, 0.15) is 18.2 Å². The van der Waals surface area contributed by atoms with E-state index in [2.05, 4.69) is 6.08 Å². The van der Waals surface area contributed by atoms with Crippen LogP contribution >= 0.6 is 0 Å². The minimum absolute atomic E-state index is 0.239. The van der Waals surface area contributed by atoms with Gasteiger partial charge in [0.25, 0.3) is 0 Å². The van der Waals surface area contributed by atoms with Crippen molar-refractivity contribution in [3.63, 3.8) is 0 Å². The molecule has 0 rings (SSSR count). The lowest BCUT2D eigenvalue weighted by Crippen LogP contribution is -2.40. The summed E-state index contributed by atoms with van der Waals surface area (Å²) in [6.07, 6.45) is 2.12. The smallest absolute Gasteiger partial charge is 0.127 e. The fourth-order valence-corrected chi connectivity index (χ4v) is 0.943. The van der Waals surface area contributed by atoms with E-state index >= 15 is 0 Å². The van der Waals surface area contributed by atoms with Gasteiger partial charge in [-0.25, -0.2) is 0 Å². The number of hydrogen-bond acceptors (Lipinski definition) is 2. The molecule has 0 N–H and O–H groups in total. The third-order valence-corrected chi connectivity index (χ3v) is 2.34. The molecular weight excluding hydrogens is 178 g/mol. The Morgan fingerprint density at radius 1 is 1.29 bits per heavy atom. The molecular formula is C11H21NO2. The first kappa shape index (κ1) is 13.0. The summed E-state index contributed by atoms with van der Waals surface area (Å²) in [7, 11) is 5.39. The molecule has 0 amide bonds. The number of nitrogens with zero attached hydrogens (tertiary/aromatic N) is 1. The molecule has 3 heteroatoms. The quantitative estimate of drug-likeness (QED) is 0.387. The first-order valence-electron chi connectivity index (χ1n) is 4.70. The summed E-state index contributed by atoms with van der Waals surface area (Å²) in [6, 6.07) is 0. The Morgan fingerprint density at radius 3 is 2.14 bits per heavy atom. The SMILES string of the molecule is CO/C([O-])=C(\C)[N+](C)(C)CC=C(C)C. The summed E-state index contributed by atoms with van der Waals surface area (Å²) in [4.78, 5) is 0. The average Bonchev–Trinajstić information content (AvgIpc) is 2.12. The average molecular weight is 199 g/mol. The molecule has 82 valence electrons. The van der Waals surface area contributed by atoms with Crippen LogP contribution in [-0.4, -0.2) is 32.2 Å². The van der Waals surface area contributed by atoms with E-state index in [0.29, 0.717) is 10.2 Å². The number of methoxy groups -OCH3 is 1. The zero-order chi connectivity index (χ0) is 11.4. The van der Waals surface area contributed by atoms with Gasteiger partial charge in [-0.1, -0.05) is 5.57 Å². The van der Waals surface area contributed by atoms with Gasteiger partial charge in [0.15, 0.2) is 0 Å². The zero-order valence-electron chi connectivity index (χ0n) is 10.0. The van der Waals surface area contributed by atoms with Crippen molar-refractivity contribution >= 4 is 0 Å². The van der Waals surface area contributed by atoms with Gasteiger partial charge >= 0.3 is 0 Å². The summed E-state index contributed by atoms with van der Waals surface area (Å²) in [5, 5.41) is 11.3. The molecule has 0 radical (unpaired) electrons. The predicted molar refractivity (Wildman–Crippen MR) is 56.1 cm³/mol. The number of ether oxygens (including phenoxy) is 1. The van der Waals surface area contributed by atoms with Crippen LogP contribution in [0.15, 0.2) is 23.3 Å². The van der Waals surface area contributed by atoms with Crippen LogP contribution in [0.2, 0.25) is 0 Å². The number of hydrogen-bond donors (Lipinski definition) is 0.